The van der Waals surface area contributed by atoms with E-state index in [1.165, 1.54) is 19.0 Å². The summed E-state index contributed by atoms with van der Waals surface area (Å²) in [5.74, 6) is 1.16. The van der Waals surface area contributed by atoms with Crippen molar-refractivity contribution < 1.29 is 0 Å². The van der Waals surface area contributed by atoms with Crippen molar-refractivity contribution in [2.45, 2.75) is 31.6 Å². The lowest BCUT2D eigenvalue weighted by atomic mass is 10.1. The largest absolute Gasteiger partial charge is 0.308 e. The van der Waals surface area contributed by atoms with E-state index >= 15 is 0 Å². The van der Waals surface area contributed by atoms with Gasteiger partial charge in [0.15, 0.2) is 11.2 Å². The van der Waals surface area contributed by atoms with Gasteiger partial charge in [-0.3, -0.25) is 4.79 Å². The van der Waals surface area contributed by atoms with Gasteiger partial charge in [0.2, 0.25) is 0 Å². The van der Waals surface area contributed by atoms with Crippen LogP contribution in [0.5, 0.6) is 0 Å². The fourth-order valence-corrected chi connectivity index (χ4v) is 2.28. The molecule has 0 amide bonds. The Morgan fingerprint density at radius 3 is 2.75 bits per heavy atom. The van der Waals surface area contributed by atoms with Gasteiger partial charge in [-0.05, 0) is 12.8 Å². The molecule has 16 heavy (non-hydrogen) atoms. The number of fused-ring (bicyclic) bond motifs is 1. The molecule has 5 heteroatoms. The lowest BCUT2D eigenvalue weighted by molar-refractivity contribution is 0.667. The standard InChI is InChI=1S/C11H12N4O/c16-11-8-10(13-6-5-12-8)14-9(15-11)7-3-1-2-4-7/h5-7H,1-4H2,(H,13,14,15,16). The van der Waals surface area contributed by atoms with Crippen molar-refractivity contribution in [1.82, 2.24) is 19.9 Å². The minimum absolute atomic E-state index is 0.181. The quantitative estimate of drug-likeness (QED) is 0.781. The Bertz CT molecular complexity index is 571. The van der Waals surface area contributed by atoms with Crippen molar-refractivity contribution in [3.05, 3.63) is 28.6 Å². The molecule has 0 saturated heterocycles. The molecule has 1 aliphatic carbocycles. The predicted molar refractivity (Wildman–Crippen MR) is 59.2 cm³/mol. The van der Waals surface area contributed by atoms with Gasteiger partial charge in [0, 0.05) is 18.3 Å². The monoisotopic (exact) mass is 216 g/mol. The average Bonchev–Trinajstić information content (AvgIpc) is 2.82. The molecule has 0 unspecified atom stereocenters. The predicted octanol–water partition coefficient (Wildman–Crippen LogP) is 1.37. The summed E-state index contributed by atoms with van der Waals surface area (Å²) < 4.78 is 0. The van der Waals surface area contributed by atoms with E-state index in [0.29, 0.717) is 17.1 Å². The van der Waals surface area contributed by atoms with Crippen molar-refractivity contribution in [2.24, 2.45) is 0 Å². The zero-order valence-corrected chi connectivity index (χ0v) is 8.81. The van der Waals surface area contributed by atoms with Gasteiger partial charge in [0.1, 0.15) is 5.82 Å². The Balaban J connectivity index is 2.17. The number of nitrogens with zero attached hydrogens (tertiary/aromatic N) is 3. The third kappa shape index (κ3) is 1.48. The molecule has 0 aliphatic heterocycles. The highest BCUT2D eigenvalue weighted by molar-refractivity contribution is 5.67. The van der Waals surface area contributed by atoms with Gasteiger partial charge in [-0.15, -0.1) is 0 Å². The third-order valence-corrected chi connectivity index (χ3v) is 3.10. The molecule has 82 valence electrons. The highest BCUT2D eigenvalue weighted by Gasteiger charge is 2.20. The Labute approximate surface area is 92.0 Å². The first kappa shape index (κ1) is 9.45. The van der Waals surface area contributed by atoms with Crippen LogP contribution < -0.4 is 5.56 Å². The normalized spacial score (nSPS) is 17.0. The van der Waals surface area contributed by atoms with Crippen LogP contribution in [0.2, 0.25) is 0 Å². The molecule has 3 rings (SSSR count). The van der Waals surface area contributed by atoms with Crippen LogP contribution in [0.1, 0.15) is 37.4 Å². The molecule has 1 aliphatic rings. The number of H-pyrrole nitrogens is 1. The molecule has 2 aromatic rings. The molecular weight excluding hydrogens is 204 g/mol. The minimum atomic E-state index is -0.181. The van der Waals surface area contributed by atoms with E-state index in [0.717, 1.165) is 18.7 Å². The first-order chi connectivity index (χ1) is 7.84. The topological polar surface area (TPSA) is 71.5 Å². The van der Waals surface area contributed by atoms with Gasteiger partial charge in [0.05, 0.1) is 0 Å². The molecule has 5 nitrogen and oxygen atoms in total. The highest BCUT2D eigenvalue weighted by atomic mass is 16.1. The summed E-state index contributed by atoms with van der Waals surface area (Å²) in [6, 6.07) is 0. The molecule has 0 radical (unpaired) electrons. The van der Waals surface area contributed by atoms with E-state index in [1.807, 2.05) is 0 Å². The Kier molecular flexibility index (Phi) is 2.16. The maximum atomic E-state index is 11.8. The van der Waals surface area contributed by atoms with Crippen LogP contribution in [0.15, 0.2) is 17.2 Å². The van der Waals surface area contributed by atoms with Crippen molar-refractivity contribution in [3.8, 4) is 0 Å². The number of nitrogens with one attached hydrogen (secondary N) is 1. The molecule has 0 spiro atoms. The molecule has 0 bridgehead atoms. The summed E-state index contributed by atoms with van der Waals surface area (Å²) >= 11 is 0. The van der Waals surface area contributed by atoms with Crippen molar-refractivity contribution >= 4 is 11.2 Å². The summed E-state index contributed by atoms with van der Waals surface area (Å²) in [6.45, 7) is 0. The zero-order chi connectivity index (χ0) is 11.0. The second-order valence-corrected chi connectivity index (χ2v) is 4.16. The Morgan fingerprint density at radius 1 is 1.19 bits per heavy atom. The van der Waals surface area contributed by atoms with Gasteiger partial charge >= 0.3 is 0 Å². The smallest absolute Gasteiger partial charge is 0.279 e. The van der Waals surface area contributed by atoms with E-state index in [4.69, 9.17) is 0 Å². The van der Waals surface area contributed by atoms with Crippen molar-refractivity contribution in [3.63, 3.8) is 0 Å². The minimum Gasteiger partial charge on any atom is -0.308 e. The molecular formula is C11H12N4O. The second kappa shape index (κ2) is 3.66. The molecule has 2 heterocycles. The third-order valence-electron chi connectivity index (χ3n) is 3.10. The van der Waals surface area contributed by atoms with Crippen LogP contribution in [0.4, 0.5) is 0 Å². The number of aromatic amines is 1. The fraction of sp³-hybridized carbons (Fsp3) is 0.455. The summed E-state index contributed by atoms with van der Waals surface area (Å²) in [7, 11) is 0. The van der Waals surface area contributed by atoms with Gasteiger partial charge in [-0.25, -0.2) is 15.0 Å². The summed E-state index contributed by atoms with van der Waals surface area (Å²) in [5, 5.41) is 0. The van der Waals surface area contributed by atoms with Crippen LogP contribution in [0, 0.1) is 0 Å². The molecule has 1 saturated carbocycles. The molecule has 2 aromatic heterocycles. The van der Waals surface area contributed by atoms with Crippen LogP contribution in [0.3, 0.4) is 0 Å². The van der Waals surface area contributed by atoms with E-state index in [9.17, 15) is 4.79 Å². The van der Waals surface area contributed by atoms with E-state index in [2.05, 4.69) is 19.9 Å². The maximum absolute atomic E-state index is 11.8. The first-order valence-electron chi connectivity index (χ1n) is 5.55. The number of hydrogen-bond donors (Lipinski definition) is 1. The lowest BCUT2D eigenvalue weighted by Gasteiger charge is -2.07. The molecule has 0 aromatic carbocycles. The van der Waals surface area contributed by atoms with E-state index in [-0.39, 0.29) is 5.56 Å². The van der Waals surface area contributed by atoms with E-state index in [1.54, 1.807) is 6.20 Å². The fourth-order valence-electron chi connectivity index (χ4n) is 2.28. The van der Waals surface area contributed by atoms with Gasteiger partial charge in [0.25, 0.3) is 5.56 Å². The number of aromatic nitrogens is 4. The van der Waals surface area contributed by atoms with Crippen LogP contribution in [-0.4, -0.2) is 19.9 Å². The second-order valence-electron chi connectivity index (χ2n) is 4.16. The van der Waals surface area contributed by atoms with Gasteiger partial charge < -0.3 is 4.98 Å². The van der Waals surface area contributed by atoms with Gasteiger partial charge in [-0.2, -0.15) is 0 Å². The van der Waals surface area contributed by atoms with Crippen molar-refractivity contribution in [1.29, 1.82) is 0 Å². The highest BCUT2D eigenvalue weighted by Crippen LogP contribution is 2.31. The van der Waals surface area contributed by atoms with E-state index < -0.39 is 0 Å². The lowest BCUT2D eigenvalue weighted by Crippen LogP contribution is -2.15. The maximum Gasteiger partial charge on any atom is 0.279 e. The van der Waals surface area contributed by atoms with Crippen LogP contribution in [-0.2, 0) is 0 Å². The first-order valence-corrected chi connectivity index (χ1v) is 5.55. The van der Waals surface area contributed by atoms with Crippen LogP contribution >= 0.6 is 0 Å². The molecule has 0 atom stereocenters. The van der Waals surface area contributed by atoms with Gasteiger partial charge in [-0.1, -0.05) is 12.8 Å². The SMILES string of the molecule is O=c1[nH]c(C2CCCC2)nc2nccnc12. The number of rotatable bonds is 1. The Morgan fingerprint density at radius 2 is 1.94 bits per heavy atom. The zero-order valence-electron chi connectivity index (χ0n) is 8.81. The molecule has 1 N–H and O–H groups in total. The number of hydrogen-bond acceptors (Lipinski definition) is 4. The van der Waals surface area contributed by atoms with Crippen molar-refractivity contribution in [2.75, 3.05) is 0 Å². The Hall–Kier alpha value is -1.78. The summed E-state index contributed by atoms with van der Waals surface area (Å²) in [5.41, 5.74) is 0.595. The molecule has 1 fully saturated rings. The summed E-state index contributed by atoms with van der Waals surface area (Å²) in [6.07, 6.45) is 7.71. The average molecular weight is 216 g/mol. The van der Waals surface area contributed by atoms with Crippen LogP contribution in [0.25, 0.3) is 11.2 Å². The summed E-state index contributed by atoms with van der Waals surface area (Å²) in [4.78, 5) is 27.0.